The van der Waals surface area contributed by atoms with Gasteiger partial charge in [0.2, 0.25) is 0 Å². The number of benzene rings is 1. The number of nitrogens with two attached hydrogens (primary N) is 1. The van der Waals surface area contributed by atoms with Gasteiger partial charge >= 0.3 is 0 Å². The number of aromatic nitrogens is 1. The summed E-state index contributed by atoms with van der Waals surface area (Å²) in [5.41, 5.74) is 7.38. The monoisotopic (exact) mass is 228 g/mol. The summed E-state index contributed by atoms with van der Waals surface area (Å²) in [7, 11) is 0. The summed E-state index contributed by atoms with van der Waals surface area (Å²) in [6, 6.07) is 3.82. The largest absolute Gasteiger partial charge is 0.361 e. The van der Waals surface area contributed by atoms with Gasteiger partial charge in [-0.2, -0.15) is 0 Å². The van der Waals surface area contributed by atoms with Crippen LogP contribution in [0.5, 0.6) is 0 Å². The van der Waals surface area contributed by atoms with E-state index in [1.807, 2.05) is 18.3 Å². The summed E-state index contributed by atoms with van der Waals surface area (Å²) in [6.45, 7) is 0.551. The van der Waals surface area contributed by atoms with Crippen LogP contribution in [0.15, 0.2) is 18.3 Å². The summed E-state index contributed by atoms with van der Waals surface area (Å²) in [6.07, 6.45) is 2.55. The number of hydrogen-bond acceptors (Lipinski definition) is 1. The first-order valence-electron chi connectivity index (χ1n) is 4.38. The van der Waals surface area contributed by atoms with Crippen LogP contribution in [-0.4, -0.2) is 11.5 Å². The molecule has 0 amide bonds. The Kier molecular flexibility index (Phi) is 2.68. The van der Waals surface area contributed by atoms with Crippen LogP contribution in [0.1, 0.15) is 5.56 Å². The molecule has 0 aliphatic rings. The molecule has 0 aliphatic carbocycles. The number of rotatable bonds is 2. The lowest BCUT2D eigenvalue weighted by atomic mass is 10.1. The van der Waals surface area contributed by atoms with E-state index in [-0.39, 0.29) is 0 Å². The van der Waals surface area contributed by atoms with Crippen molar-refractivity contribution < 1.29 is 0 Å². The summed E-state index contributed by atoms with van der Waals surface area (Å²) in [5.74, 6) is 0. The lowest BCUT2D eigenvalue weighted by Gasteiger charge is -2.06. The minimum Gasteiger partial charge on any atom is -0.361 e. The molecule has 0 bridgehead atoms. The van der Waals surface area contributed by atoms with E-state index in [0.717, 1.165) is 16.5 Å². The SMILES string of the molecule is NCCc1c(Cl)cc2[nH]ccc2c1Cl. The second-order valence-corrected chi connectivity index (χ2v) is 3.91. The Morgan fingerprint density at radius 2 is 2.14 bits per heavy atom. The maximum absolute atomic E-state index is 6.21. The van der Waals surface area contributed by atoms with Crippen molar-refractivity contribution in [3.05, 3.63) is 33.9 Å². The standard InChI is InChI=1S/C10H10Cl2N2/c11-8-5-9-7(2-4-14-9)10(12)6(8)1-3-13/h2,4-5,14H,1,3,13H2. The third-order valence-corrected chi connectivity index (χ3v) is 3.00. The molecule has 0 unspecified atom stereocenters. The predicted octanol–water partition coefficient (Wildman–Crippen LogP) is 2.98. The zero-order valence-corrected chi connectivity index (χ0v) is 8.99. The van der Waals surface area contributed by atoms with Crippen molar-refractivity contribution in [1.29, 1.82) is 0 Å². The molecule has 0 saturated heterocycles. The fourth-order valence-corrected chi connectivity index (χ4v) is 2.26. The minimum absolute atomic E-state index is 0.551. The highest BCUT2D eigenvalue weighted by atomic mass is 35.5. The van der Waals surface area contributed by atoms with Crippen molar-refractivity contribution in [2.45, 2.75) is 6.42 Å². The molecule has 2 aromatic rings. The average molecular weight is 229 g/mol. The summed E-state index contributed by atoms with van der Waals surface area (Å²) < 4.78 is 0. The molecule has 2 nitrogen and oxygen atoms in total. The molecule has 0 atom stereocenters. The number of fused-ring (bicyclic) bond motifs is 1. The van der Waals surface area contributed by atoms with Gasteiger partial charge in [-0.05, 0) is 30.7 Å². The maximum Gasteiger partial charge on any atom is 0.0547 e. The first-order valence-corrected chi connectivity index (χ1v) is 5.13. The Morgan fingerprint density at radius 3 is 2.86 bits per heavy atom. The molecular weight excluding hydrogens is 219 g/mol. The first-order chi connectivity index (χ1) is 6.74. The first kappa shape index (κ1) is 9.84. The maximum atomic E-state index is 6.21. The van der Waals surface area contributed by atoms with Gasteiger partial charge in [0.25, 0.3) is 0 Å². The summed E-state index contributed by atoms with van der Waals surface area (Å²) in [4.78, 5) is 3.07. The van der Waals surface area contributed by atoms with Gasteiger partial charge < -0.3 is 10.7 Å². The van der Waals surface area contributed by atoms with Crippen molar-refractivity contribution in [3.63, 3.8) is 0 Å². The smallest absolute Gasteiger partial charge is 0.0547 e. The van der Waals surface area contributed by atoms with E-state index in [9.17, 15) is 0 Å². The number of H-pyrrole nitrogens is 1. The van der Waals surface area contributed by atoms with Gasteiger partial charge in [0.05, 0.1) is 5.02 Å². The van der Waals surface area contributed by atoms with Crippen molar-refractivity contribution in [1.82, 2.24) is 4.98 Å². The molecule has 0 saturated carbocycles. The minimum atomic E-state index is 0.551. The van der Waals surface area contributed by atoms with Crippen LogP contribution in [0.2, 0.25) is 10.0 Å². The normalized spacial score (nSPS) is 11.1. The topological polar surface area (TPSA) is 41.8 Å². The fraction of sp³-hybridized carbons (Fsp3) is 0.200. The zero-order valence-electron chi connectivity index (χ0n) is 7.48. The van der Waals surface area contributed by atoms with E-state index in [4.69, 9.17) is 28.9 Å². The van der Waals surface area contributed by atoms with Crippen LogP contribution in [0.25, 0.3) is 10.9 Å². The van der Waals surface area contributed by atoms with Crippen LogP contribution < -0.4 is 5.73 Å². The lowest BCUT2D eigenvalue weighted by Crippen LogP contribution is -2.03. The van der Waals surface area contributed by atoms with Gasteiger partial charge in [-0.3, -0.25) is 0 Å². The van der Waals surface area contributed by atoms with Crippen LogP contribution in [-0.2, 0) is 6.42 Å². The Balaban J connectivity index is 2.69. The van der Waals surface area contributed by atoms with Gasteiger partial charge in [0, 0.05) is 22.1 Å². The van der Waals surface area contributed by atoms with Crippen LogP contribution >= 0.6 is 23.2 Å². The molecule has 1 aromatic heterocycles. The highest BCUT2D eigenvalue weighted by Crippen LogP contribution is 2.32. The van der Waals surface area contributed by atoms with Crippen LogP contribution in [0.3, 0.4) is 0 Å². The Morgan fingerprint density at radius 1 is 1.36 bits per heavy atom. The van der Waals surface area contributed by atoms with Gasteiger partial charge in [-0.1, -0.05) is 23.2 Å². The number of halogens is 2. The molecule has 1 aromatic carbocycles. The third kappa shape index (κ3) is 1.50. The highest BCUT2D eigenvalue weighted by molar-refractivity contribution is 6.39. The quantitative estimate of drug-likeness (QED) is 0.816. The molecule has 0 spiro atoms. The molecule has 4 heteroatoms. The van der Waals surface area contributed by atoms with E-state index < -0.39 is 0 Å². The van der Waals surface area contributed by atoms with Crippen LogP contribution in [0.4, 0.5) is 0 Å². The predicted molar refractivity (Wildman–Crippen MR) is 61.1 cm³/mol. The molecule has 1 heterocycles. The molecule has 74 valence electrons. The van der Waals surface area contributed by atoms with Gasteiger partial charge in [0.1, 0.15) is 0 Å². The Bertz CT molecular complexity index is 462. The molecule has 0 radical (unpaired) electrons. The van der Waals surface area contributed by atoms with E-state index in [1.165, 1.54) is 0 Å². The Labute approximate surface area is 92.0 Å². The van der Waals surface area contributed by atoms with E-state index in [2.05, 4.69) is 4.98 Å². The summed E-state index contributed by atoms with van der Waals surface area (Å²) in [5, 5.41) is 2.38. The molecule has 14 heavy (non-hydrogen) atoms. The van der Waals surface area contributed by atoms with Crippen molar-refractivity contribution in [2.24, 2.45) is 5.73 Å². The average Bonchev–Trinajstić information content (AvgIpc) is 2.60. The second-order valence-electron chi connectivity index (χ2n) is 3.13. The molecule has 0 fully saturated rings. The lowest BCUT2D eigenvalue weighted by molar-refractivity contribution is 0.971. The van der Waals surface area contributed by atoms with Crippen molar-refractivity contribution >= 4 is 34.1 Å². The number of aromatic amines is 1. The van der Waals surface area contributed by atoms with Gasteiger partial charge in [-0.15, -0.1) is 0 Å². The van der Waals surface area contributed by atoms with E-state index in [0.29, 0.717) is 23.0 Å². The number of nitrogens with one attached hydrogen (secondary N) is 1. The van der Waals surface area contributed by atoms with E-state index in [1.54, 1.807) is 0 Å². The molecule has 2 rings (SSSR count). The summed E-state index contributed by atoms with van der Waals surface area (Å²) >= 11 is 12.3. The highest BCUT2D eigenvalue weighted by Gasteiger charge is 2.10. The van der Waals surface area contributed by atoms with Crippen LogP contribution in [0, 0.1) is 0 Å². The number of hydrogen-bond donors (Lipinski definition) is 2. The fourth-order valence-electron chi connectivity index (χ4n) is 1.55. The third-order valence-electron chi connectivity index (χ3n) is 2.23. The van der Waals surface area contributed by atoms with Crippen molar-refractivity contribution in [2.75, 3.05) is 6.54 Å². The van der Waals surface area contributed by atoms with Gasteiger partial charge in [0.15, 0.2) is 0 Å². The van der Waals surface area contributed by atoms with E-state index >= 15 is 0 Å². The second kappa shape index (κ2) is 3.81. The molecule has 3 N–H and O–H groups in total. The molecule has 0 aliphatic heterocycles. The van der Waals surface area contributed by atoms with Gasteiger partial charge in [-0.25, -0.2) is 0 Å². The Hall–Kier alpha value is -0.700. The zero-order chi connectivity index (χ0) is 10.1. The molecular formula is C10H10Cl2N2. The van der Waals surface area contributed by atoms with Crippen molar-refractivity contribution in [3.8, 4) is 0 Å².